The first-order chi connectivity index (χ1) is 8.84. The summed E-state index contributed by atoms with van der Waals surface area (Å²) in [7, 11) is 0. The Morgan fingerprint density at radius 2 is 2.05 bits per heavy atom. The Balaban J connectivity index is 1.84. The smallest absolute Gasteiger partial charge is 0.410 e. The summed E-state index contributed by atoms with van der Waals surface area (Å²) in [5.41, 5.74) is -0.124. The summed E-state index contributed by atoms with van der Waals surface area (Å²) in [6.07, 6.45) is 3.32. The van der Waals surface area contributed by atoms with Gasteiger partial charge in [-0.15, -0.1) is 0 Å². The van der Waals surface area contributed by atoms with Crippen molar-refractivity contribution in [3.63, 3.8) is 0 Å². The number of rotatable bonds is 1. The van der Waals surface area contributed by atoms with E-state index in [1.54, 1.807) is 0 Å². The van der Waals surface area contributed by atoms with E-state index in [1.807, 2.05) is 25.7 Å². The summed E-state index contributed by atoms with van der Waals surface area (Å²) in [5.74, 6) is 0. The fourth-order valence-electron chi connectivity index (χ4n) is 2.83. The highest BCUT2D eigenvalue weighted by Gasteiger charge is 2.43. The van der Waals surface area contributed by atoms with Gasteiger partial charge in [-0.2, -0.15) is 0 Å². The Hall–Kier alpha value is -0.290. The summed E-state index contributed by atoms with van der Waals surface area (Å²) >= 11 is 3.48. The van der Waals surface area contributed by atoms with Gasteiger partial charge in [-0.1, -0.05) is 15.9 Å². The molecule has 1 spiro atoms. The van der Waals surface area contributed by atoms with E-state index < -0.39 is 5.60 Å². The molecule has 2 aliphatic heterocycles. The summed E-state index contributed by atoms with van der Waals surface area (Å²) in [6, 6.07) is 0. The second kappa shape index (κ2) is 5.60. The number of likely N-dealkylation sites (tertiary alicyclic amines) is 1. The third kappa shape index (κ3) is 3.85. The van der Waals surface area contributed by atoms with Gasteiger partial charge in [-0.25, -0.2) is 4.79 Å². The zero-order chi connectivity index (χ0) is 14.1. The van der Waals surface area contributed by atoms with E-state index in [9.17, 15) is 4.79 Å². The zero-order valence-corrected chi connectivity index (χ0v) is 13.7. The highest BCUT2D eigenvalue weighted by Crippen LogP contribution is 2.42. The van der Waals surface area contributed by atoms with Crippen molar-refractivity contribution >= 4 is 22.0 Å². The van der Waals surface area contributed by atoms with Gasteiger partial charge in [0.15, 0.2) is 0 Å². The Morgan fingerprint density at radius 3 is 2.53 bits per heavy atom. The molecule has 4 nitrogen and oxygen atoms in total. The molecule has 0 aromatic heterocycles. The molecule has 2 rings (SSSR count). The van der Waals surface area contributed by atoms with Gasteiger partial charge < -0.3 is 14.4 Å². The average Bonchev–Trinajstić information content (AvgIpc) is 2.71. The number of nitrogens with zero attached hydrogens (tertiary/aromatic N) is 1. The predicted octanol–water partition coefficient (Wildman–Crippen LogP) is 3.19. The fraction of sp³-hybridized carbons (Fsp3) is 0.929. The average molecular weight is 334 g/mol. The number of hydrogen-bond acceptors (Lipinski definition) is 3. The molecule has 0 aliphatic carbocycles. The molecule has 5 heteroatoms. The molecule has 2 saturated heterocycles. The Labute approximate surface area is 123 Å². The van der Waals surface area contributed by atoms with E-state index in [2.05, 4.69) is 15.9 Å². The normalized spacial score (nSPS) is 26.7. The van der Waals surface area contributed by atoms with Gasteiger partial charge in [-0.05, 0) is 45.4 Å². The number of halogens is 1. The lowest BCUT2D eigenvalue weighted by Gasteiger charge is -2.38. The first kappa shape index (κ1) is 15.1. The molecule has 110 valence electrons. The van der Waals surface area contributed by atoms with Crippen molar-refractivity contribution in [2.24, 2.45) is 5.41 Å². The maximum absolute atomic E-state index is 12.0. The fourth-order valence-corrected chi connectivity index (χ4v) is 3.25. The topological polar surface area (TPSA) is 38.8 Å². The number of hydrogen-bond donors (Lipinski definition) is 0. The van der Waals surface area contributed by atoms with Crippen LogP contribution in [0.4, 0.5) is 4.79 Å². The summed E-state index contributed by atoms with van der Waals surface area (Å²) in [6.45, 7) is 8.12. The first-order valence-electron chi connectivity index (χ1n) is 6.99. The lowest BCUT2D eigenvalue weighted by molar-refractivity contribution is 0.00804. The minimum absolute atomic E-state index is 0.182. The minimum atomic E-state index is -0.413. The molecule has 0 aromatic rings. The molecule has 2 fully saturated rings. The first-order valence-corrected chi connectivity index (χ1v) is 8.11. The van der Waals surface area contributed by atoms with Gasteiger partial charge >= 0.3 is 6.09 Å². The quantitative estimate of drug-likeness (QED) is 0.692. The SMILES string of the molecule is CC(C)(C)OC(=O)N1CCC2(CC1)COC(CBr)C2. The number of carbonyl (C=O) groups excluding carboxylic acids is 1. The summed E-state index contributed by atoms with van der Waals surface area (Å²) in [4.78, 5) is 13.8. The van der Waals surface area contributed by atoms with Crippen LogP contribution in [0.3, 0.4) is 0 Å². The van der Waals surface area contributed by atoms with Crippen molar-refractivity contribution in [3.05, 3.63) is 0 Å². The van der Waals surface area contributed by atoms with Crippen LogP contribution >= 0.6 is 15.9 Å². The highest BCUT2D eigenvalue weighted by atomic mass is 79.9. The second-order valence-corrected chi connectivity index (χ2v) is 7.41. The third-order valence-electron chi connectivity index (χ3n) is 3.93. The molecule has 19 heavy (non-hydrogen) atoms. The van der Waals surface area contributed by atoms with Crippen LogP contribution in [0.15, 0.2) is 0 Å². The van der Waals surface area contributed by atoms with E-state index in [0.29, 0.717) is 6.10 Å². The molecule has 0 saturated carbocycles. The number of alkyl halides is 1. The number of carbonyl (C=O) groups is 1. The van der Waals surface area contributed by atoms with E-state index in [-0.39, 0.29) is 11.5 Å². The van der Waals surface area contributed by atoms with Crippen molar-refractivity contribution in [2.75, 3.05) is 25.0 Å². The Kier molecular flexibility index (Phi) is 4.45. The largest absolute Gasteiger partial charge is 0.444 e. The molecule has 0 radical (unpaired) electrons. The highest BCUT2D eigenvalue weighted by molar-refractivity contribution is 9.09. The maximum Gasteiger partial charge on any atom is 0.410 e. The van der Waals surface area contributed by atoms with Crippen LogP contribution in [0.1, 0.15) is 40.0 Å². The molecule has 2 aliphatic rings. The van der Waals surface area contributed by atoms with E-state index in [4.69, 9.17) is 9.47 Å². The van der Waals surface area contributed by atoms with Crippen LogP contribution in [0.25, 0.3) is 0 Å². The standard InChI is InChI=1S/C14H24BrNO3/c1-13(2,3)19-12(17)16-6-4-14(5-7-16)8-11(9-15)18-10-14/h11H,4-10H2,1-3H3. The van der Waals surface area contributed by atoms with Crippen LogP contribution in [-0.2, 0) is 9.47 Å². The predicted molar refractivity (Wildman–Crippen MR) is 77.6 cm³/mol. The van der Waals surface area contributed by atoms with Crippen LogP contribution in [-0.4, -0.2) is 47.7 Å². The Bertz CT molecular complexity index is 332. The molecule has 0 N–H and O–H groups in total. The molecule has 0 aromatic carbocycles. The van der Waals surface area contributed by atoms with Crippen LogP contribution in [0.2, 0.25) is 0 Å². The van der Waals surface area contributed by atoms with Crippen LogP contribution < -0.4 is 0 Å². The molecule has 1 unspecified atom stereocenters. The Morgan fingerprint density at radius 1 is 1.42 bits per heavy atom. The van der Waals surface area contributed by atoms with Gasteiger partial charge in [0.25, 0.3) is 0 Å². The van der Waals surface area contributed by atoms with Gasteiger partial charge in [0.1, 0.15) is 5.60 Å². The summed E-state index contributed by atoms with van der Waals surface area (Å²) in [5, 5.41) is 0.907. The molecular formula is C14H24BrNO3. The molecule has 1 amide bonds. The van der Waals surface area contributed by atoms with E-state index in [1.165, 1.54) is 0 Å². The van der Waals surface area contributed by atoms with Crippen LogP contribution in [0.5, 0.6) is 0 Å². The van der Waals surface area contributed by atoms with Gasteiger partial charge in [-0.3, -0.25) is 0 Å². The van der Waals surface area contributed by atoms with Crippen molar-refractivity contribution in [3.8, 4) is 0 Å². The lowest BCUT2D eigenvalue weighted by atomic mass is 9.77. The van der Waals surface area contributed by atoms with Crippen molar-refractivity contribution in [2.45, 2.75) is 51.7 Å². The lowest BCUT2D eigenvalue weighted by Crippen LogP contribution is -2.45. The number of amides is 1. The van der Waals surface area contributed by atoms with E-state index >= 15 is 0 Å². The third-order valence-corrected chi connectivity index (χ3v) is 4.66. The summed E-state index contributed by atoms with van der Waals surface area (Å²) < 4.78 is 11.2. The number of piperidine rings is 1. The monoisotopic (exact) mass is 333 g/mol. The second-order valence-electron chi connectivity index (χ2n) is 6.76. The molecule has 0 bridgehead atoms. The number of ether oxygens (including phenoxy) is 2. The van der Waals surface area contributed by atoms with Gasteiger partial charge in [0.05, 0.1) is 12.7 Å². The maximum atomic E-state index is 12.0. The van der Waals surface area contributed by atoms with Crippen molar-refractivity contribution in [1.82, 2.24) is 4.90 Å². The van der Waals surface area contributed by atoms with Gasteiger partial charge in [0, 0.05) is 18.4 Å². The molecule has 1 atom stereocenters. The molecule has 2 heterocycles. The molecular weight excluding hydrogens is 310 g/mol. The van der Waals surface area contributed by atoms with Crippen molar-refractivity contribution < 1.29 is 14.3 Å². The minimum Gasteiger partial charge on any atom is -0.444 e. The van der Waals surface area contributed by atoms with Crippen molar-refractivity contribution in [1.29, 1.82) is 0 Å². The zero-order valence-electron chi connectivity index (χ0n) is 12.1. The van der Waals surface area contributed by atoms with Gasteiger partial charge in [0.2, 0.25) is 0 Å². The van der Waals surface area contributed by atoms with E-state index in [0.717, 1.165) is 44.3 Å². The van der Waals surface area contributed by atoms with Crippen LogP contribution in [0, 0.1) is 5.41 Å².